The third-order valence-corrected chi connectivity index (χ3v) is 5.17. The highest BCUT2D eigenvalue weighted by atomic mass is 35.5. The third kappa shape index (κ3) is 5.03. The van der Waals surface area contributed by atoms with Gasteiger partial charge in [-0.05, 0) is 48.5 Å². The SMILES string of the molecule is CC(=O)N(CCNS(=O)(=O)c1ccc(Cl)cc1)c1ccc(C#N)cc1. The van der Waals surface area contributed by atoms with E-state index in [-0.39, 0.29) is 23.9 Å². The average Bonchev–Trinajstić information content (AvgIpc) is 2.59. The van der Waals surface area contributed by atoms with Gasteiger partial charge in [-0.25, -0.2) is 13.1 Å². The molecule has 2 rings (SSSR count). The van der Waals surface area contributed by atoms with Gasteiger partial charge in [0, 0.05) is 30.7 Å². The van der Waals surface area contributed by atoms with Gasteiger partial charge in [0.25, 0.3) is 0 Å². The summed E-state index contributed by atoms with van der Waals surface area (Å²) in [5.74, 6) is -0.226. The number of hydrogen-bond acceptors (Lipinski definition) is 4. The predicted octanol–water partition coefficient (Wildman–Crippen LogP) is 2.54. The Morgan fingerprint density at radius 1 is 1.16 bits per heavy atom. The number of benzene rings is 2. The molecule has 0 aliphatic carbocycles. The van der Waals surface area contributed by atoms with Crippen molar-refractivity contribution in [1.82, 2.24) is 4.72 Å². The highest BCUT2D eigenvalue weighted by Gasteiger charge is 2.16. The van der Waals surface area contributed by atoms with Crippen LogP contribution >= 0.6 is 11.6 Å². The van der Waals surface area contributed by atoms with E-state index in [9.17, 15) is 13.2 Å². The number of carbonyl (C=O) groups is 1. The van der Waals surface area contributed by atoms with Crippen molar-refractivity contribution in [3.63, 3.8) is 0 Å². The van der Waals surface area contributed by atoms with Gasteiger partial charge >= 0.3 is 0 Å². The predicted molar refractivity (Wildman–Crippen MR) is 95.8 cm³/mol. The number of hydrogen-bond donors (Lipinski definition) is 1. The first-order valence-electron chi connectivity index (χ1n) is 7.37. The second-order valence-corrected chi connectivity index (χ2v) is 7.38. The molecule has 0 aromatic heterocycles. The summed E-state index contributed by atoms with van der Waals surface area (Å²) in [6.07, 6.45) is 0. The zero-order valence-electron chi connectivity index (χ0n) is 13.4. The van der Waals surface area contributed by atoms with E-state index < -0.39 is 10.0 Å². The van der Waals surface area contributed by atoms with Gasteiger partial charge in [-0.3, -0.25) is 4.79 Å². The van der Waals surface area contributed by atoms with Crippen molar-refractivity contribution in [2.75, 3.05) is 18.0 Å². The molecule has 130 valence electrons. The number of sulfonamides is 1. The Balaban J connectivity index is 2.05. The van der Waals surface area contributed by atoms with Gasteiger partial charge in [-0.1, -0.05) is 11.6 Å². The lowest BCUT2D eigenvalue weighted by Gasteiger charge is -2.21. The smallest absolute Gasteiger partial charge is 0.240 e. The number of amides is 1. The lowest BCUT2D eigenvalue weighted by Crippen LogP contribution is -2.37. The molecule has 0 aliphatic rings. The number of nitriles is 1. The molecule has 0 spiro atoms. The van der Waals surface area contributed by atoms with Crippen LogP contribution in [0.4, 0.5) is 5.69 Å². The van der Waals surface area contributed by atoms with Crippen LogP contribution in [0.1, 0.15) is 12.5 Å². The Hall–Kier alpha value is -2.40. The summed E-state index contributed by atoms with van der Waals surface area (Å²) < 4.78 is 26.9. The fraction of sp³-hybridized carbons (Fsp3) is 0.176. The molecular formula is C17H16ClN3O3S. The lowest BCUT2D eigenvalue weighted by atomic mass is 10.2. The largest absolute Gasteiger partial charge is 0.311 e. The number of carbonyl (C=O) groups excluding carboxylic acids is 1. The van der Waals surface area contributed by atoms with Gasteiger partial charge in [-0.15, -0.1) is 0 Å². The second kappa shape index (κ2) is 8.12. The van der Waals surface area contributed by atoms with Crippen LogP contribution in [0.25, 0.3) is 0 Å². The fourth-order valence-corrected chi connectivity index (χ4v) is 3.32. The van der Waals surface area contributed by atoms with Gasteiger partial charge in [-0.2, -0.15) is 5.26 Å². The van der Waals surface area contributed by atoms with Crippen molar-refractivity contribution in [1.29, 1.82) is 5.26 Å². The molecule has 0 radical (unpaired) electrons. The Bertz CT molecular complexity index is 888. The number of rotatable bonds is 6. The molecule has 2 aromatic carbocycles. The number of anilines is 1. The summed E-state index contributed by atoms with van der Waals surface area (Å²) in [4.78, 5) is 13.4. The summed E-state index contributed by atoms with van der Waals surface area (Å²) in [7, 11) is -3.68. The Morgan fingerprint density at radius 3 is 2.28 bits per heavy atom. The van der Waals surface area contributed by atoms with Crippen LogP contribution in [0.5, 0.6) is 0 Å². The molecule has 0 unspecified atom stereocenters. The molecule has 0 heterocycles. The first kappa shape index (κ1) is 18.9. The molecule has 8 heteroatoms. The fourth-order valence-electron chi connectivity index (χ4n) is 2.17. The van der Waals surface area contributed by atoms with E-state index in [1.54, 1.807) is 24.3 Å². The number of halogens is 1. The monoisotopic (exact) mass is 377 g/mol. The minimum Gasteiger partial charge on any atom is -0.311 e. The molecule has 25 heavy (non-hydrogen) atoms. The first-order valence-corrected chi connectivity index (χ1v) is 9.23. The second-order valence-electron chi connectivity index (χ2n) is 5.18. The van der Waals surface area contributed by atoms with Crippen molar-refractivity contribution >= 4 is 33.2 Å². The van der Waals surface area contributed by atoms with Crippen LogP contribution < -0.4 is 9.62 Å². The van der Waals surface area contributed by atoms with Crippen molar-refractivity contribution in [3.05, 3.63) is 59.1 Å². The van der Waals surface area contributed by atoms with Crippen LogP contribution in [-0.2, 0) is 14.8 Å². The Labute approximate surface area is 151 Å². The van der Waals surface area contributed by atoms with Gasteiger partial charge < -0.3 is 4.90 Å². The summed E-state index contributed by atoms with van der Waals surface area (Å²) in [6.45, 7) is 1.60. The van der Waals surface area contributed by atoms with E-state index >= 15 is 0 Å². The molecule has 1 amide bonds. The molecule has 6 nitrogen and oxygen atoms in total. The summed E-state index contributed by atoms with van der Waals surface area (Å²) in [5.41, 5.74) is 1.08. The standard InChI is InChI=1S/C17H16ClN3O3S/c1-13(22)21(16-6-2-14(12-19)3-7-16)11-10-20-25(23,24)17-8-4-15(18)5-9-17/h2-9,20H,10-11H2,1H3. The molecule has 2 aromatic rings. The first-order chi connectivity index (χ1) is 11.8. The maximum Gasteiger partial charge on any atom is 0.240 e. The van der Waals surface area contributed by atoms with Gasteiger partial charge in [0.15, 0.2) is 0 Å². The lowest BCUT2D eigenvalue weighted by molar-refractivity contribution is -0.116. The van der Waals surface area contributed by atoms with Gasteiger partial charge in [0.2, 0.25) is 15.9 Å². The molecule has 0 fully saturated rings. The average molecular weight is 378 g/mol. The van der Waals surface area contributed by atoms with Crippen molar-refractivity contribution in [2.24, 2.45) is 0 Å². The highest BCUT2D eigenvalue weighted by molar-refractivity contribution is 7.89. The maximum absolute atomic E-state index is 12.2. The quantitative estimate of drug-likeness (QED) is 0.837. The molecule has 0 saturated carbocycles. The van der Waals surface area contributed by atoms with Gasteiger partial charge in [0.1, 0.15) is 0 Å². The van der Waals surface area contributed by atoms with Crippen LogP contribution in [0.2, 0.25) is 5.02 Å². The van der Waals surface area contributed by atoms with E-state index in [1.807, 2.05) is 6.07 Å². The van der Waals surface area contributed by atoms with Crippen molar-refractivity contribution in [3.8, 4) is 6.07 Å². The molecule has 0 atom stereocenters. The van der Waals surface area contributed by atoms with E-state index in [4.69, 9.17) is 16.9 Å². The van der Waals surface area contributed by atoms with Crippen molar-refractivity contribution < 1.29 is 13.2 Å². The number of nitrogens with zero attached hydrogens (tertiary/aromatic N) is 2. The summed E-state index contributed by atoms with van der Waals surface area (Å²) in [6, 6.07) is 14.3. The van der Waals surface area contributed by atoms with Crippen LogP contribution in [-0.4, -0.2) is 27.4 Å². The zero-order valence-corrected chi connectivity index (χ0v) is 15.0. The molecule has 0 bridgehead atoms. The summed E-state index contributed by atoms with van der Waals surface area (Å²) >= 11 is 5.75. The molecular weight excluding hydrogens is 362 g/mol. The number of nitrogens with one attached hydrogen (secondary N) is 1. The topological polar surface area (TPSA) is 90.3 Å². The van der Waals surface area contributed by atoms with E-state index in [0.29, 0.717) is 16.3 Å². The Kier molecular flexibility index (Phi) is 6.15. The van der Waals surface area contributed by atoms with Crippen LogP contribution in [0.3, 0.4) is 0 Å². The maximum atomic E-state index is 12.2. The zero-order chi connectivity index (χ0) is 18.4. The van der Waals surface area contributed by atoms with Gasteiger partial charge in [0.05, 0.1) is 16.5 Å². The van der Waals surface area contributed by atoms with E-state index in [2.05, 4.69) is 4.72 Å². The highest BCUT2D eigenvalue weighted by Crippen LogP contribution is 2.16. The van der Waals surface area contributed by atoms with Crippen molar-refractivity contribution in [2.45, 2.75) is 11.8 Å². The summed E-state index contributed by atoms with van der Waals surface area (Å²) in [5, 5.41) is 9.26. The molecule has 0 saturated heterocycles. The van der Waals surface area contributed by atoms with Crippen LogP contribution in [0.15, 0.2) is 53.4 Å². The third-order valence-electron chi connectivity index (χ3n) is 3.44. The minimum atomic E-state index is -3.68. The minimum absolute atomic E-state index is 0.0462. The molecule has 1 N–H and O–H groups in total. The van der Waals surface area contributed by atoms with E-state index in [0.717, 1.165) is 0 Å². The molecule has 0 aliphatic heterocycles. The normalized spacial score (nSPS) is 10.9. The Morgan fingerprint density at radius 2 is 1.76 bits per heavy atom. The van der Waals surface area contributed by atoms with E-state index in [1.165, 1.54) is 36.1 Å². The van der Waals surface area contributed by atoms with Crippen LogP contribution in [0, 0.1) is 11.3 Å².